The Bertz CT molecular complexity index is 803. The predicted molar refractivity (Wildman–Crippen MR) is 120 cm³/mol. The van der Waals surface area contributed by atoms with Gasteiger partial charge in [0.2, 0.25) is 5.30 Å². The normalized spacial score (nSPS) is 11.5. The van der Waals surface area contributed by atoms with Crippen molar-refractivity contribution in [1.29, 1.82) is 0 Å². The van der Waals surface area contributed by atoms with Crippen LogP contribution in [0, 0.1) is 13.8 Å². The minimum atomic E-state index is -2.10. The molecule has 1 atom stereocenters. The molecule has 0 bridgehead atoms. The van der Waals surface area contributed by atoms with E-state index in [0.29, 0.717) is 5.56 Å². The summed E-state index contributed by atoms with van der Waals surface area (Å²) in [6, 6.07) is 12.0. The molecule has 1 unspecified atom stereocenters. The summed E-state index contributed by atoms with van der Waals surface area (Å²) < 4.78 is 13.3. The third-order valence-corrected chi connectivity index (χ3v) is 6.83. The molecule has 0 aromatic heterocycles. The highest BCUT2D eigenvalue weighted by Gasteiger charge is 2.36. The second-order valence-corrected chi connectivity index (χ2v) is 9.22. The largest absolute Gasteiger partial charge is 0.458 e. The van der Waals surface area contributed by atoms with Gasteiger partial charge in [0.1, 0.15) is 0 Å². The van der Waals surface area contributed by atoms with Crippen molar-refractivity contribution in [1.82, 2.24) is 0 Å². The first kappa shape index (κ1) is 22.5. The molecular formula is C25H34O2P+. The van der Waals surface area contributed by atoms with Gasteiger partial charge in [0.15, 0.2) is 0 Å². The van der Waals surface area contributed by atoms with Crippen molar-refractivity contribution in [3.8, 4) is 0 Å². The molecular weight excluding hydrogens is 363 g/mol. The first-order valence-corrected chi connectivity index (χ1v) is 11.9. The summed E-state index contributed by atoms with van der Waals surface area (Å²) in [5.41, 5.74) is 4.58. The van der Waals surface area contributed by atoms with Crippen molar-refractivity contribution in [2.75, 3.05) is 0 Å². The van der Waals surface area contributed by atoms with Gasteiger partial charge in [0, 0.05) is 5.56 Å². The molecule has 2 rings (SSSR count). The lowest BCUT2D eigenvalue weighted by Crippen LogP contribution is -2.12. The van der Waals surface area contributed by atoms with Gasteiger partial charge in [-0.15, -0.1) is 0 Å². The van der Waals surface area contributed by atoms with Crippen LogP contribution in [-0.2, 0) is 17.4 Å². The Morgan fingerprint density at radius 3 is 2.07 bits per heavy atom. The maximum atomic E-state index is 13.3. The monoisotopic (exact) mass is 397 g/mol. The van der Waals surface area contributed by atoms with Gasteiger partial charge in [-0.3, -0.25) is 0 Å². The maximum Gasteiger partial charge on any atom is 0.458 e. The molecule has 0 heterocycles. The topological polar surface area (TPSA) is 34.1 Å². The van der Waals surface area contributed by atoms with Crippen LogP contribution in [0.4, 0.5) is 0 Å². The maximum absolute atomic E-state index is 13.3. The summed E-state index contributed by atoms with van der Waals surface area (Å²) >= 11 is 0. The van der Waals surface area contributed by atoms with E-state index in [0.717, 1.165) is 54.1 Å². The van der Waals surface area contributed by atoms with E-state index >= 15 is 0 Å². The van der Waals surface area contributed by atoms with Crippen LogP contribution in [0.2, 0.25) is 0 Å². The SMILES string of the molecule is CCCCCc1ccc([P+](=O)C(=O)c2c(C)cccc2C)c(CCCCC)c1. The number of hydrogen-bond donors (Lipinski definition) is 0. The van der Waals surface area contributed by atoms with E-state index in [1.54, 1.807) is 0 Å². The Morgan fingerprint density at radius 2 is 1.46 bits per heavy atom. The first-order valence-electron chi connectivity index (χ1n) is 10.7. The highest BCUT2D eigenvalue weighted by Crippen LogP contribution is 2.32. The van der Waals surface area contributed by atoms with Gasteiger partial charge in [0.05, 0.1) is 5.56 Å². The van der Waals surface area contributed by atoms with E-state index < -0.39 is 7.80 Å². The molecule has 0 radical (unpaired) electrons. The summed E-state index contributed by atoms with van der Waals surface area (Å²) in [5.74, 6) is 0. The van der Waals surface area contributed by atoms with Crippen LogP contribution in [0.5, 0.6) is 0 Å². The Hall–Kier alpha value is -1.79. The highest BCUT2D eigenvalue weighted by molar-refractivity contribution is 7.71. The third kappa shape index (κ3) is 5.85. The van der Waals surface area contributed by atoms with Crippen molar-refractivity contribution in [3.63, 3.8) is 0 Å². The zero-order valence-electron chi connectivity index (χ0n) is 17.9. The lowest BCUT2D eigenvalue weighted by Gasteiger charge is -2.07. The number of unbranched alkanes of at least 4 members (excludes halogenated alkanes) is 4. The van der Waals surface area contributed by atoms with E-state index in [1.807, 2.05) is 38.1 Å². The summed E-state index contributed by atoms with van der Waals surface area (Å²) in [6.45, 7) is 8.24. The minimum absolute atomic E-state index is 0.235. The lowest BCUT2D eigenvalue weighted by atomic mass is 10.0. The van der Waals surface area contributed by atoms with Crippen molar-refractivity contribution < 1.29 is 9.36 Å². The van der Waals surface area contributed by atoms with Gasteiger partial charge in [-0.2, -0.15) is 0 Å². The van der Waals surface area contributed by atoms with Crippen molar-refractivity contribution in [2.24, 2.45) is 0 Å². The van der Waals surface area contributed by atoms with Crippen LogP contribution in [0.25, 0.3) is 0 Å². The molecule has 28 heavy (non-hydrogen) atoms. The Kier molecular flexibility index (Phi) is 9.06. The Morgan fingerprint density at radius 1 is 0.857 bits per heavy atom. The quantitative estimate of drug-likeness (QED) is 0.300. The second-order valence-electron chi connectivity index (χ2n) is 7.74. The third-order valence-electron chi connectivity index (χ3n) is 5.36. The van der Waals surface area contributed by atoms with E-state index in [9.17, 15) is 9.36 Å². The molecule has 2 aromatic rings. The first-order chi connectivity index (χ1) is 13.5. The summed E-state index contributed by atoms with van der Waals surface area (Å²) in [6.07, 6.45) is 8.94. The van der Waals surface area contributed by atoms with Crippen LogP contribution in [-0.4, -0.2) is 5.52 Å². The molecule has 0 aliphatic rings. The molecule has 3 heteroatoms. The molecule has 0 saturated heterocycles. The smallest absolute Gasteiger partial charge is 0.234 e. The van der Waals surface area contributed by atoms with Gasteiger partial charge in [0.25, 0.3) is 0 Å². The summed E-state index contributed by atoms with van der Waals surface area (Å²) in [7, 11) is -2.10. The fourth-order valence-corrected chi connectivity index (χ4v) is 5.12. The van der Waals surface area contributed by atoms with Gasteiger partial charge < -0.3 is 0 Å². The zero-order valence-corrected chi connectivity index (χ0v) is 18.8. The fourth-order valence-electron chi connectivity index (χ4n) is 3.70. The average molecular weight is 398 g/mol. The van der Waals surface area contributed by atoms with Gasteiger partial charge >= 0.3 is 13.3 Å². The molecule has 0 fully saturated rings. The van der Waals surface area contributed by atoms with Crippen LogP contribution < -0.4 is 5.30 Å². The van der Waals surface area contributed by atoms with Gasteiger partial charge in [-0.05, 0) is 62.3 Å². The van der Waals surface area contributed by atoms with Gasteiger partial charge in [-0.25, -0.2) is 4.79 Å². The van der Waals surface area contributed by atoms with Crippen molar-refractivity contribution >= 4 is 18.6 Å². The van der Waals surface area contributed by atoms with Crippen molar-refractivity contribution in [2.45, 2.75) is 79.1 Å². The molecule has 0 N–H and O–H groups in total. The summed E-state index contributed by atoms with van der Waals surface area (Å²) in [4.78, 5) is 13.1. The predicted octanol–water partition coefficient (Wildman–Crippen LogP) is 7.06. The highest BCUT2D eigenvalue weighted by atomic mass is 31.1. The van der Waals surface area contributed by atoms with Crippen LogP contribution in [0.1, 0.15) is 85.0 Å². The summed E-state index contributed by atoms with van der Waals surface area (Å²) in [5, 5.41) is 0.734. The number of carbonyl (C=O) groups is 1. The molecule has 0 aliphatic heterocycles. The van der Waals surface area contributed by atoms with Crippen LogP contribution in [0.3, 0.4) is 0 Å². The standard InChI is InChI=1S/C25H34O2P/c1-5-7-9-14-21-16-17-23(22(18-21)15-10-8-6-2)28(27)25(26)24-19(3)12-11-13-20(24)4/h11-13,16-18H,5-10,14-15H2,1-4H3/q+1. The second kappa shape index (κ2) is 11.3. The van der Waals surface area contributed by atoms with E-state index in [1.165, 1.54) is 24.8 Å². The zero-order chi connectivity index (χ0) is 20.5. The number of hydrogen-bond acceptors (Lipinski definition) is 2. The number of benzene rings is 2. The molecule has 0 spiro atoms. The number of aryl methyl sites for hydroxylation is 4. The Labute approximate surface area is 171 Å². The number of rotatable bonds is 11. The molecule has 150 valence electrons. The minimum Gasteiger partial charge on any atom is -0.234 e. The number of carbonyl (C=O) groups excluding carboxylic acids is 1. The molecule has 0 saturated carbocycles. The van der Waals surface area contributed by atoms with E-state index in [2.05, 4.69) is 26.0 Å². The average Bonchev–Trinajstić information content (AvgIpc) is 2.68. The molecule has 2 nitrogen and oxygen atoms in total. The van der Waals surface area contributed by atoms with E-state index in [4.69, 9.17) is 0 Å². The van der Waals surface area contributed by atoms with Gasteiger partial charge in [-0.1, -0.05) is 74.4 Å². The van der Waals surface area contributed by atoms with Crippen LogP contribution in [0.15, 0.2) is 36.4 Å². The Balaban J connectivity index is 2.33. The molecule has 0 amide bonds. The molecule has 2 aromatic carbocycles. The van der Waals surface area contributed by atoms with Crippen molar-refractivity contribution in [3.05, 3.63) is 64.2 Å². The fraction of sp³-hybridized carbons (Fsp3) is 0.480. The molecule has 0 aliphatic carbocycles. The van der Waals surface area contributed by atoms with E-state index in [-0.39, 0.29) is 5.52 Å². The lowest BCUT2D eigenvalue weighted by molar-refractivity contribution is 0.107. The van der Waals surface area contributed by atoms with Crippen LogP contribution >= 0.6 is 7.80 Å².